The third-order valence-electron chi connectivity index (χ3n) is 2.23. The SMILES string of the molecule is S=P1(Sc2ccccc2)Oc2ccccc2O1. The molecule has 0 fully saturated rings. The molecule has 0 spiro atoms. The van der Waals surface area contributed by atoms with Crippen molar-refractivity contribution in [3.05, 3.63) is 54.6 Å². The van der Waals surface area contributed by atoms with Crippen molar-refractivity contribution < 1.29 is 9.05 Å². The summed E-state index contributed by atoms with van der Waals surface area (Å²) in [7, 11) is 0. The van der Waals surface area contributed by atoms with Gasteiger partial charge in [-0.25, -0.2) is 0 Å². The van der Waals surface area contributed by atoms with Crippen LogP contribution >= 0.6 is 17.1 Å². The van der Waals surface area contributed by atoms with E-state index in [1.807, 2.05) is 54.6 Å². The molecule has 0 aromatic heterocycles. The van der Waals surface area contributed by atoms with Gasteiger partial charge in [-0.15, -0.1) is 0 Å². The van der Waals surface area contributed by atoms with Crippen LogP contribution in [0.15, 0.2) is 59.5 Å². The molecular formula is C12H9O2PS2. The highest BCUT2D eigenvalue weighted by atomic mass is 32.9. The van der Waals surface area contributed by atoms with Gasteiger partial charge in [0.25, 0.3) is 0 Å². The number of hydrogen-bond acceptors (Lipinski definition) is 4. The Labute approximate surface area is 109 Å². The summed E-state index contributed by atoms with van der Waals surface area (Å²) < 4.78 is 11.5. The molecule has 0 amide bonds. The summed E-state index contributed by atoms with van der Waals surface area (Å²) in [5.74, 6) is 1.50. The van der Waals surface area contributed by atoms with E-state index in [0.717, 1.165) is 16.4 Å². The summed E-state index contributed by atoms with van der Waals surface area (Å²) in [5.41, 5.74) is -2.32. The first-order chi connectivity index (χ1) is 8.25. The van der Waals surface area contributed by atoms with E-state index in [0.29, 0.717) is 0 Å². The van der Waals surface area contributed by atoms with Crippen LogP contribution in [0, 0.1) is 0 Å². The topological polar surface area (TPSA) is 18.5 Å². The summed E-state index contributed by atoms with van der Waals surface area (Å²) >= 11 is 6.98. The summed E-state index contributed by atoms with van der Waals surface area (Å²) in [4.78, 5) is 1.07. The molecule has 86 valence electrons. The van der Waals surface area contributed by atoms with Crippen molar-refractivity contribution in [2.24, 2.45) is 0 Å². The standard InChI is InChI=1S/C12H9O2PS2/c16-15(17-10-6-2-1-3-7-10)13-11-8-4-5-9-12(11)14-15/h1-9H. The minimum atomic E-state index is -2.32. The second kappa shape index (κ2) is 4.37. The average Bonchev–Trinajstić information content (AvgIpc) is 2.66. The summed E-state index contributed by atoms with van der Waals surface area (Å²) in [6.07, 6.45) is 0. The first-order valence-electron chi connectivity index (χ1n) is 5.08. The Hall–Kier alpha value is -0.960. The summed E-state index contributed by atoms with van der Waals surface area (Å²) in [6.45, 7) is 0. The monoisotopic (exact) mass is 280 g/mol. The highest BCUT2D eigenvalue weighted by Gasteiger charge is 2.32. The zero-order chi connectivity index (χ0) is 11.7. The minimum Gasteiger partial charge on any atom is -0.424 e. The molecule has 5 heteroatoms. The van der Waals surface area contributed by atoms with Gasteiger partial charge in [-0.3, -0.25) is 0 Å². The largest absolute Gasteiger partial charge is 0.424 e. The Balaban J connectivity index is 1.85. The zero-order valence-corrected chi connectivity index (χ0v) is 11.3. The maximum Gasteiger partial charge on any atom is 0.353 e. The number of fused-ring (bicyclic) bond motifs is 1. The van der Waals surface area contributed by atoms with Crippen LogP contribution in [0.2, 0.25) is 0 Å². The normalized spacial score (nSPS) is 15.8. The predicted molar refractivity (Wildman–Crippen MR) is 74.3 cm³/mol. The number of para-hydroxylation sites is 2. The van der Waals surface area contributed by atoms with Crippen molar-refractivity contribution >= 4 is 28.9 Å². The van der Waals surface area contributed by atoms with Gasteiger partial charge in [0.05, 0.1) is 0 Å². The molecule has 0 aliphatic carbocycles. The highest BCUT2D eigenvalue weighted by Crippen LogP contribution is 2.68. The van der Waals surface area contributed by atoms with Crippen LogP contribution in [-0.4, -0.2) is 0 Å². The lowest BCUT2D eigenvalue weighted by atomic mass is 10.3. The highest BCUT2D eigenvalue weighted by molar-refractivity contribution is 8.68. The van der Waals surface area contributed by atoms with Crippen LogP contribution < -0.4 is 9.05 Å². The van der Waals surface area contributed by atoms with Crippen LogP contribution in [0.3, 0.4) is 0 Å². The molecule has 2 nitrogen and oxygen atoms in total. The van der Waals surface area contributed by atoms with Crippen molar-refractivity contribution in [1.29, 1.82) is 0 Å². The molecule has 2 aromatic carbocycles. The van der Waals surface area contributed by atoms with Crippen LogP contribution in [0.5, 0.6) is 11.5 Å². The van der Waals surface area contributed by atoms with Crippen molar-refractivity contribution in [2.45, 2.75) is 4.90 Å². The summed E-state index contributed by atoms with van der Waals surface area (Å²) in [6, 6.07) is 17.6. The predicted octanol–water partition coefficient (Wildman–Crippen LogP) is 4.47. The Morgan fingerprint density at radius 2 is 1.35 bits per heavy atom. The van der Waals surface area contributed by atoms with E-state index in [2.05, 4.69) is 0 Å². The Kier molecular flexibility index (Phi) is 2.87. The Morgan fingerprint density at radius 3 is 1.94 bits per heavy atom. The van der Waals surface area contributed by atoms with E-state index in [4.69, 9.17) is 20.9 Å². The van der Waals surface area contributed by atoms with Gasteiger partial charge in [0.1, 0.15) is 0 Å². The summed E-state index contributed by atoms with van der Waals surface area (Å²) in [5, 5.41) is 0. The molecule has 0 atom stereocenters. The molecule has 0 radical (unpaired) electrons. The van der Waals surface area contributed by atoms with E-state index in [1.54, 1.807) is 0 Å². The molecule has 3 rings (SSSR count). The fourth-order valence-electron chi connectivity index (χ4n) is 1.51. The van der Waals surface area contributed by atoms with Crippen molar-refractivity contribution in [3.8, 4) is 11.5 Å². The van der Waals surface area contributed by atoms with Gasteiger partial charge in [-0.2, -0.15) is 0 Å². The molecule has 0 bridgehead atoms. The molecule has 17 heavy (non-hydrogen) atoms. The quantitative estimate of drug-likeness (QED) is 0.755. The van der Waals surface area contributed by atoms with Crippen molar-refractivity contribution in [1.82, 2.24) is 0 Å². The molecular weight excluding hydrogens is 271 g/mol. The molecule has 0 unspecified atom stereocenters. The molecule has 0 saturated heterocycles. The second-order valence-electron chi connectivity index (χ2n) is 3.48. The zero-order valence-electron chi connectivity index (χ0n) is 8.78. The van der Waals surface area contributed by atoms with E-state index in [-0.39, 0.29) is 0 Å². The number of hydrogen-bond donors (Lipinski definition) is 0. The molecule has 1 heterocycles. The van der Waals surface area contributed by atoms with E-state index in [1.165, 1.54) is 11.4 Å². The lowest BCUT2D eigenvalue weighted by Gasteiger charge is -2.12. The van der Waals surface area contributed by atoms with Crippen LogP contribution in [-0.2, 0) is 11.8 Å². The van der Waals surface area contributed by atoms with Crippen molar-refractivity contribution in [2.75, 3.05) is 0 Å². The Bertz CT molecular complexity index is 557. The third-order valence-corrected chi connectivity index (χ3v) is 6.65. The maximum absolute atomic E-state index is 5.77. The van der Waals surface area contributed by atoms with Gasteiger partial charge < -0.3 is 9.05 Å². The maximum atomic E-state index is 5.77. The van der Waals surface area contributed by atoms with Gasteiger partial charge in [0.15, 0.2) is 11.5 Å². The number of rotatable bonds is 2. The molecule has 0 saturated carbocycles. The lowest BCUT2D eigenvalue weighted by Crippen LogP contribution is -1.86. The van der Waals surface area contributed by atoms with Gasteiger partial charge in [0, 0.05) is 16.7 Å². The van der Waals surface area contributed by atoms with E-state index in [9.17, 15) is 0 Å². The fraction of sp³-hybridized carbons (Fsp3) is 0. The Morgan fingerprint density at radius 1 is 0.824 bits per heavy atom. The molecule has 0 N–H and O–H groups in total. The first-order valence-corrected chi connectivity index (χ1v) is 9.14. The first kappa shape index (κ1) is 11.1. The molecule has 1 aliphatic heterocycles. The van der Waals surface area contributed by atoms with Crippen LogP contribution in [0.4, 0.5) is 0 Å². The third kappa shape index (κ3) is 2.34. The molecule has 1 aliphatic rings. The van der Waals surface area contributed by atoms with E-state index < -0.39 is 5.69 Å². The fourth-order valence-corrected chi connectivity index (χ4v) is 6.04. The van der Waals surface area contributed by atoms with Gasteiger partial charge in [0.2, 0.25) is 0 Å². The van der Waals surface area contributed by atoms with Crippen molar-refractivity contribution in [3.63, 3.8) is 0 Å². The lowest BCUT2D eigenvalue weighted by molar-refractivity contribution is 0.593. The van der Waals surface area contributed by atoms with Gasteiger partial charge in [-0.1, -0.05) is 30.3 Å². The smallest absolute Gasteiger partial charge is 0.353 e. The van der Waals surface area contributed by atoms with Gasteiger partial charge in [-0.05, 0) is 35.6 Å². The minimum absolute atomic E-state index is 0.749. The van der Waals surface area contributed by atoms with E-state index >= 15 is 0 Å². The molecule has 2 aromatic rings. The number of benzene rings is 2. The second-order valence-corrected chi connectivity index (χ2v) is 9.52. The average molecular weight is 280 g/mol. The van der Waals surface area contributed by atoms with Gasteiger partial charge >= 0.3 is 5.69 Å². The van der Waals surface area contributed by atoms with Crippen LogP contribution in [0.25, 0.3) is 0 Å². The van der Waals surface area contributed by atoms with Crippen LogP contribution in [0.1, 0.15) is 0 Å².